The fourth-order valence-corrected chi connectivity index (χ4v) is 1.82. The van der Waals surface area contributed by atoms with Crippen LogP contribution in [-0.2, 0) is 4.79 Å². The molecular formula is C12H14N2O3. The van der Waals surface area contributed by atoms with Crippen molar-refractivity contribution < 1.29 is 14.7 Å². The van der Waals surface area contributed by atoms with Crippen molar-refractivity contribution in [2.24, 2.45) is 5.92 Å². The third-order valence-corrected chi connectivity index (χ3v) is 2.78. The van der Waals surface area contributed by atoms with Gasteiger partial charge in [0.15, 0.2) is 0 Å². The van der Waals surface area contributed by atoms with E-state index in [9.17, 15) is 9.59 Å². The zero-order valence-electron chi connectivity index (χ0n) is 9.65. The Balaban J connectivity index is 2.37. The fourth-order valence-electron chi connectivity index (χ4n) is 1.82. The summed E-state index contributed by atoms with van der Waals surface area (Å²) in [4.78, 5) is 22.6. The van der Waals surface area contributed by atoms with Gasteiger partial charge < -0.3 is 15.7 Å². The Labute approximate surface area is 98.8 Å². The second-order valence-corrected chi connectivity index (χ2v) is 4.42. The van der Waals surface area contributed by atoms with Crippen LogP contribution in [0.2, 0.25) is 0 Å². The van der Waals surface area contributed by atoms with Crippen LogP contribution in [0.15, 0.2) is 18.2 Å². The number of carbonyl (C=O) groups is 2. The third kappa shape index (κ3) is 2.08. The van der Waals surface area contributed by atoms with Gasteiger partial charge in [-0.3, -0.25) is 4.79 Å². The minimum atomic E-state index is -0.979. The number of carbonyl (C=O) groups excluding carboxylic acids is 1. The van der Waals surface area contributed by atoms with E-state index in [2.05, 4.69) is 10.6 Å². The van der Waals surface area contributed by atoms with Gasteiger partial charge in [0.2, 0.25) is 5.91 Å². The lowest BCUT2D eigenvalue weighted by Crippen LogP contribution is -2.42. The summed E-state index contributed by atoms with van der Waals surface area (Å²) < 4.78 is 0. The van der Waals surface area contributed by atoms with Gasteiger partial charge in [-0.2, -0.15) is 0 Å². The van der Waals surface area contributed by atoms with Crippen molar-refractivity contribution in [3.05, 3.63) is 23.8 Å². The van der Waals surface area contributed by atoms with Gasteiger partial charge >= 0.3 is 5.97 Å². The van der Waals surface area contributed by atoms with E-state index in [4.69, 9.17) is 5.11 Å². The maximum Gasteiger partial charge on any atom is 0.335 e. The highest BCUT2D eigenvalue weighted by Crippen LogP contribution is 2.29. The molecule has 17 heavy (non-hydrogen) atoms. The Morgan fingerprint density at radius 2 is 2.06 bits per heavy atom. The summed E-state index contributed by atoms with van der Waals surface area (Å²) in [5.74, 6) is -0.931. The molecule has 1 heterocycles. The molecule has 1 amide bonds. The quantitative estimate of drug-likeness (QED) is 0.728. The van der Waals surface area contributed by atoms with Crippen LogP contribution in [0.3, 0.4) is 0 Å². The molecule has 0 bridgehead atoms. The first-order valence-corrected chi connectivity index (χ1v) is 5.44. The standard InChI is InChI=1S/C12H14N2O3/c1-6(2)10-11(15)14-8-4-3-7(12(16)17)5-9(8)13-10/h3-6,10,13H,1-2H3,(H,14,15)(H,16,17). The third-order valence-electron chi connectivity index (χ3n) is 2.78. The second-order valence-electron chi connectivity index (χ2n) is 4.42. The van der Waals surface area contributed by atoms with Gasteiger partial charge in [-0.15, -0.1) is 0 Å². The SMILES string of the molecule is CC(C)C1Nc2cc(C(=O)O)ccc2NC1=O. The lowest BCUT2D eigenvalue weighted by Gasteiger charge is -2.29. The van der Waals surface area contributed by atoms with E-state index < -0.39 is 5.97 Å². The van der Waals surface area contributed by atoms with Crippen LogP contribution in [0.4, 0.5) is 11.4 Å². The normalized spacial score (nSPS) is 18.3. The van der Waals surface area contributed by atoms with E-state index in [0.29, 0.717) is 11.4 Å². The van der Waals surface area contributed by atoms with Crippen molar-refractivity contribution in [2.45, 2.75) is 19.9 Å². The molecule has 0 saturated heterocycles. The largest absolute Gasteiger partial charge is 0.478 e. The zero-order valence-corrected chi connectivity index (χ0v) is 9.65. The fraction of sp³-hybridized carbons (Fsp3) is 0.333. The number of carboxylic acid groups (broad SMARTS) is 1. The number of hydrogen-bond acceptors (Lipinski definition) is 3. The number of rotatable bonds is 2. The topological polar surface area (TPSA) is 78.4 Å². The molecule has 3 N–H and O–H groups in total. The van der Waals surface area contributed by atoms with Crippen molar-refractivity contribution in [1.82, 2.24) is 0 Å². The number of carboxylic acids is 1. The van der Waals surface area contributed by atoms with Gasteiger partial charge in [0.05, 0.1) is 16.9 Å². The summed E-state index contributed by atoms with van der Waals surface area (Å²) >= 11 is 0. The first-order chi connectivity index (χ1) is 7.99. The van der Waals surface area contributed by atoms with E-state index in [0.717, 1.165) is 0 Å². The van der Waals surface area contributed by atoms with Crippen LogP contribution in [0.1, 0.15) is 24.2 Å². The number of benzene rings is 1. The molecule has 0 radical (unpaired) electrons. The van der Waals surface area contributed by atoms with Crippen molar-refractivity contribution >= 4 is 23.3 Å². The van der Waals surface area contributed by atoms with E-state index in [1.54, 1.807) is 6.07 Å². The first kappa shape index (κ1) is 11.4. The second kappa shape index (κ2) is 4.08. The summed E-state index contributed by atoms with van der Waals surface area (Å²) in [7, 11) is 0. The van der Waals surface area contributed by atoms with Crippen LogP contribution in [0, 0.1) is 5.92 Å². The number of hydrogen-bond donors (Lipinski definition) is 3. The number of fused-ring (bicyclic) bond motifs is 1. The molecule has 1 unspecified atom stereocenters. The molecule has 0 spiro atoms. The molecule has 5 nitrogen and oxygen atoms in total. The van der Waals surface area contributed by atoms with Crippen molar-refractivity contribution in [3.8, 4) is 0 Å². The summed E-state index contributed by atoms with van der Waals surface area (Å²) in [6.45, 7) is 3.87. The molecule has 0 aromatic heterocycles. The Hall–Kier alpha value is -2.04. The molecule has 1 aliphatic heterocycles. The van der Waals surface area contributed by atoms with Gasteiger partial charge in [-0.05, 0) is 24.1 Å². The van der Waals surface area contributed by atoms with Crippen molar-refractivity contribution in [3.63, 3.8) is 0 Å². The Bertz CT molecular complexity index is 483. The average molecular weight is 234 g/mol. The van der Waals surface area contributed by atoms with Gasteiger partial charge in [-0.25, -0.2) is 4.79 Å². The summed E-state index contributed by atoms with van der Waals surface area (Å²) in [6, 6.07) is 4.28. The maximum atomic E-state index is 11.7. The minimum absolute atomic E-state index is 0.0874. The zero-order chi connectivity index (χ0) is 12.6. The van der Waals surface area contributed by atoms with Crippen molar-refractivity contribution in [2.75, 3.05) is 10.6 Å². The van der Waals surface area contributed by atoms with E-state index >= 15 is 0 Å². The van der Waals surface area contributed by atoms with E-state index in [-0.39, 0.29) is 23.4 Å². The van der Waals surface area contributed by atoms with Gasteiger partial charge in [-0.1, -0.05) is 13.8 Å². The number of amides is 1. The Kier molecular flexibility index (Phi) is 2.75. The van der Waals surface area contributed by atoms with Gasteiger partial charge in [0, 0.05) is 0 Å². The monoisotopic (exact) mass is 234 g/mol. The lowest BCUT2D eigenvalue weighted by atomic mass is 10.00. The predicted octanol–water partition coefficient (Wildman–Crippen LogP) is 1.77. The molecule has 90 valence electrons. The number of nitrogens with one attached hydrogen (secondary N) is 2. The minimum Gasteiger partial charge on any atom is -0.478 e. The molecule has 1 aromatic rings. The summed E-state index contributed by atoms with van der Waals surface area (Å²) in [5, 5.41) is 14.7. The summed E-state index contributed by atoms with van der Waals surface area (Å²) in [6.07, 6.45) is 0. The van der Waals surface area contributed by atoms with Crippen molar-refractivity contribution in [1.29, 1.82) is 0 Å². The summed E-state index contributed by atoms with van der Waals surface area (Å²) in [5.41, 5.74) is 1.48. The lowest BCUT2D eigenvalue weighted by molar-refractivity contribution is -0.117. The van der Waals surface area contributed by atoms with Crippen LogP contribution < -0.4 is 10.6 Å². The smallest absolute Gasteiger partial charge is 0.335 e. The van der Waals surface area contributed by atoms with Crippen LogP contribution >= 0.6 is 0 Å². The molecule has 0 saturated carbocycles. The molecule has 5 heteroatoms. The van der Waals surface area contributed by atoms with Crippen LogP contribution in [-0.4, -0.2) is 23.0 Å². The molecule has 1 atom stereocenters. The number of aromatic carboxylic acids is 1. The van der Waals surface area contributed by atoms with E-state index in [1.165, 1.54) is 12.1 Å². The molecule has 2 rings (SSSR count). The van der Waals surface area contributed by atoms with Gasteiger partial charge in [0.1, 0.15) is 6.04 Å². The van der Waals surface area contributed by atoms with Crippen LogP contribution in [0.25, 0.3) is 0 Å². The van der Waals surface area contributed by atoms with E-state index in [1.807, 2.05) is 13.8 Å². The maximum absolute atomic E-state index is 11.7. The first-order valence-electron chi connectivity index (χ1n) is 5.44. The van der Waals surface area contributed by atoms with Crippen LogP contribution in [0.5, 0.6) is 0 Å². The average Bonchev–Trinajstić information content (AvgIpc) is 2.27. The molecule has 1 aromatic carbocycles. The Morgan fingerprint density at radius 3 is 2.65 bits per heavy atom. The molecule has 0 fully saturated rings. The number of anilines is 2. The Morgan fingerprint density at radius 1 is 1.35 bits per heavy atom. The van der Waals surface area contributed by atoms with Gasteiger partial charge in [0.25, 0.3) is 0 Å². The molecule has 0 aliphatic carbocycles. The highest BCUT2D eigenvalue weighted by molar-refractivity contribution is 6.04. The molecule has 1 aliphatic rings. The highest BCUT2D eigenvalue weighted by atomic mass is 16.4. The highest BCUT2D eigenvalue weighted by Gasteiger charge is 2.28. The predicted molar refractivity (Wildman–Crippen MR) is 64.3 cm³/mol. The molecular weight excluding hydrogens is 220 g/mol.